The van der Waals surface area contributed by atoms with Crippen LogP contribution < -0.4 is 11.1 Å². The van der Waals surface area contributed by atoms with E-state index in [1.165, 1.54) is 5.56 Å². The first kappa shape index (κ1) is 16.2. The fraction of sp³-hybridized carbons (Fsp3) is 0.136. The topological polar surface area (TPSA) is 58.4 Å². The monoisotopic (exact) mass is 343 g/mol. The zero-order valence-corrected chi connectivity index (χ0v) is 14.4. The van der Waals surface area contributed by atoms with Gasteiger partial charge in [0.2, 0.25) is 0 Å². The third kappa shape index (κ3) is 3.02. The molecular weight excluding hydrogens is 322 g/mol. The first-order valence-corrected chi connectivity index (χ1v) is 8.79. The molecule has 3 aromatic carbocycles. The molecule has 0 saturated heterocycles. The van der Waals surface area contributed by atoms with Gasteiger partial charge >= 0.3 is 0 Å². The van der Waals surface area contributed by atoms with Crippen LogP contribution in [0.4, 0.5) is 11.4 Å². The molecule has 4 nitrogen and oxygen atoms in total. The van der Waals surface area contributed by atoms with Crippen LogP contribution in [0.25, 0.3) is 0 Å². The Morgan fingerprint density at radius 1 is 0.885 bits per heavy atom. The van der Waals surface area contributed by atoms with Crippen LogP contribution in [0, 0.1) is 0 Å². The van der Waals surface area contributed by atoms with Crippen molar-refractivity contribution in [2.75, 3.05) is 17.6 Å². The van der Waals surface area contributed by atoms with E-state index in [0.29, 0.717) is 17.8 Å². The zero-order chi connectivity index (χ0) is 17.9. The fourth-order valence-corrected chi connectivity index (χ4v) is 3.42. The smallest absolute Gasteiger partial charge is 0.257 e. The van der Waals surface area contributed by atoms with Gasteiger partial charge < -0.3 is 16.0 Å². The number of carbonyl (C=O) groups is 1. The van der Waals surface area contributed by atoms with E-state index in [2.05, 4.69) is 17.4 Å². The molecule has 26 heavy (non-hydrogen) atoms. The SMILES string of the molecule is Nc1ccccc1C1Nc2ccccc2C(=O)N1CCc1ccccc1. The van der Waals surface area contributed by atoms with Crippen molar-refractivity contribution >= 4 is 17.3 Å². The molecule has 4 rings (SSSR count). The standard InChI is InChI=1S/C22H21N3O/c23-19-12-6-4-10-17(19)21-24-20-13-7-5-11-18(20)22(26)25(21)15-14-16-8-2-1-3-9-16/h1-13,21,24H,14-15,23H2. The number of anilines is 2. The summed E-state index contributed by atoms with van der Waals surface area (Å²) in [7, 11) is 0. The third-order valence-electron chi connectivity index (χ3n) is 4.80. The van der Waals surface area contributed by atoms with Gasteiger partial charge in [-0.3, -0.25) is 4.79 Å². The molecule has 1 amide bonds. The maximum atomic E-state index is 13.2. The maximum Gasteiger partial charge on any atom is 0.257 e. The number of nitrogens with one attached hydrogen (secondary N) is 1. The summed E-state index contributed by atoms with van der Waals surface area (Å²) in [6.07, 6.45) is 0.516. The van der Waals surface area contributed by atoms with E-state index < -0.39 is 0 Å². The van der Waals surface area contributed by atoms with Crippen LogP contribution in [0.15, 0.2) is 78.9 Å². The minimum Gasteiger partial charge on any atom is -0.398 e. The highest BCUT2D eigenvalue weighted by atomic mass is 16.2. The summed E-state index contributed by atoms with van der Waals surface area (Å²) >= 11 is 0. The van der Waals surface area contributed by atoms with Crippen molar-refractivity contribution in [1.82, 2.24) is 4.90 Å². The van der Waals surface area contributed by atoms with Gasteiger partial charge in [0.15, 0.2) is 0 Å². The predicted molar refractivity (Wildman–Crippen MR) is 105 cm³/mol. The lowest BCUT2D eigenvalue weighted by molar-refractivity contribution is 0.0686. The number of fused-ring (bicyclic) bond motifs is 1. The van der Waals surface area contributed by atoms with E-state index in [4.69, 9.17) is 5.73 Å². The first-order chi connectivity index (χ1) is 12.7. The Labute approximate surface area is 153 Å². The van der Waals surface area contributed by atoms with Crippen molar-refractivity contribution in [2.24, 2.45) is 0 Å². The van der Waals surface area contributed by atoms with Gasteiger partial charge in [0.25, 0.3) is 5.91 Å². The molecule has 0 spiro atoms. The molecule has 0 radical (unpaired) electrons. The van der Waals surface area contributed by atoms with Crippen molar-refractivity contribution in [2.45, 2.75) is 12.6 Å². The molecule has 1 aliphatic rings. The van der Waals surface area contributed by atoms with Gasteiger partial charge in [0, 0.05) is 23.5 Å². The summed E-state index contributed by atoms with van der Waals surface area (Å²) in [6.45, 7) is 0.614. The molecule has 0 aromatic heterocycles. The Bertz CT molecular complexity index is 923. The predicted octanol–water partition coefficient (Wildman–Crippen LogP) is 4.08. The molecule has 0 aliphatic carbocycles. The molecule has 0 saturated carbocycles. The van der Waals surface area contributed by atoms with Crippen LogP contribution in [0.3, 0.4) is 0 Å². The largest absolute Gasteiger partial charge is 0.398 e. The number of rotatable bonds is 4. The highest BCUT2D eigenvalue weighted by molar-refractivity contribution is 6.01. The van der Waals surface area contributed by atoms with Crippen molar-refractivity contribution in [3.05, 3.63) is 95.6 Å². The van der Waals surface area contributed by atoms with Gasteiger partial charge in [-0.25, -0.2) is 0 Å². The number of carbonyl (C=O) groups excluding carboxylic acids is 1. The lowest BCUT2D eigenvalue weighted by Gasteiger charge is -2.38. The Morgan fingerprint density at radius 2 is 1.58 bits per heavy atom. The number of amides is 1. The number of para-hydroxylation sites is 2. The van der Waals surface area contributed by atoms with Crippen LogP contribution in [0.5, 0.6) is 0 Å². The molecular formula is C22H21N3O. The van der Waals surface area contributed by atoms with Crippen molar-refractivity contribution in [3.63, 3.8) is 0 Å². The Balaban J connectivity index is 1.69. The van der Waals surface area contributed by atoms with E-state index >= 15 is 0 Å². The Hall–Kier alpha value is -3.27. The maximum absolute atomic E-state index is 13.2. The summed E-state index contributed by atoms with van der Waals surface area (Å²) in [6, 6.07) is 25.6. The van der Waals surface area contributed by atoms with E-state index in [-0.39, 0.29) is 12.1 Å². The molecule has 0 bridgehead atoms. The summed E-state index contributed by atoms with van der Waals surface area (Å²) in [5, 5.41) is 3.50. The van der Waals surface area contributed by atoms with Gasteiger partial charge in [-0.1, -0.05) is 60.7 Å². The third-order valence-corrected chi connectivity index (χ3v) is 4.80. The van der Waals surface area contributed by atoms with Gasteiger partial charge in [-0.05, 0) is 30.2 Å². The van der Waals surface area contributed by atoms with E-state index in [1.807, 2.05) is 71.6 Å². The molecule has 1 heterocycles. The molecule has 0 fully saturated rings. The van der Waals surface area contributed by atoms with Gasteiger partial charge in [0.1, 0.15) is 6.17 Å². The molecule has 130 valence electrons. The molecule has 1 aliphatic heterocycles. The molecule has 3 aromatic rings. The Morgan fingerprint density at radius 3 is 2.38 bits per heavy atom. The lowest BCUT2D eigenvalue weighted by Crippen LogP contribution is -2.44. The fourth-order valence-electron chi connectivity index (χ4n) is 3.42. The van der Waals surface area contributed by atoms with Crippen molar-refractivity contribution in [3.8, 4) is 0 Å². The molecule has 1 atom stereocenters. The number of nitrogen functional groups attached to an aromatic ring is 1. The van der Waals surface area contributed by atoms with Gasteiger partial charge in [0.05, 0.1) is 5.56 Å². The zero-order valence-electron chi connectivity index (χ0n) is 14.4. The van der Waals surface area contributed by atoms with Crippen LogP contribution >= 0.6 is 0 Å². The minimum atomic E-state index is -0.276. The highest BCUT2D eigenvalue weighted by Gasteiger charge is 2.33. The average molecular weight is 343 g/mol. The summed E-state index contributed by atoms with van der Waals surface area (Å²) in [5.74, 6) is 0.0311. The van der Waals surface area contributed by atoms with Crippen LogP contribution in [-0.2, 0) is 6.42 Å². The number of benzene rings is 3. The number of nitrogens with zero attached hydrogens (tertiary/aromatic N) is 1. The average Bonchev–Trinajstić information content (AvgIpc) is 2.68. The lowest BCUT2D eigenvalue weighted by atomic mass is 10.0. The van der Waals surface area contributed by atoms with E-state index in [9.17, 15) is 4.79 Å². The Kier molecular flexibility index (Phi) is 4.32. The summed E-state index contributed by atoms with van der Waals surface area (Å²) in [4.78, 5) is 15.1. The molecule has 1 unspecified atom stereocenters. The van der Waals surface area contributed by atoms with Crippen molar-refractivity contribution < 1.29 is 4.79 Å². The second kappa shape index (κ2) is 6.92. The van der Waals surface area contributed by atoms with Crippen LogP contribution in [-0.4, -0.2) is 17.4 Å². The van der Waals surface area contributed by atoms with Crippen molar-refractivity contribution in [1.29, 1.82) is 0 Å². The second-order valence-corrected chi connectivity index (χ2v) is 6.46. The van der Waals surface area contributed by atoms with Gasteiger partial charge in [-0.15, -0.1) is 0 Å². The molecule has 4 heteroatoms. The highest BCUT2D eigenvalue weighted by Crippen LogP contribution is 2.35. The first-order valence-electron chi connectivity index (χ1n) is 8.79. The molecule has 3 N–H and O–H groups in total. The normalized spacial score (nSPS) is 16.1. The summed E-state index contributed by atoms with van der Waals surface area (Å²) < 4.78 is 0. The number of hydrogen-bond acceptors (Lipinski definition) is 3. The quantitative estimate of drug-likeness (QED) is 0.702. The number of hydrogen-bond donors (Lipinski definition) is 2. The van der Waals surface area contributed by atoms with E-state index in [1.54, 1.807) is 0 Å². The van der Waals surface area contributed by atoms with Crippen LogP contribution in [0.1, 0.15) is 27.7 Å². The van der Waals surface area contributed by atoms with E-state index in [0.717, 1.165) is 17.7 Å². The second-order valence-electron chi connectivity index (χ2n) is 6.46. The summed E-state index contributed by atoms with van der Waals surface area (Å²) in [5.41, 5.74) is 10.6. The minimum absolute atomic E-state index is 0.0311. The van der Waals surface area contributed by atoms with Gasteiger partial charge in [-0.2, -0.15) is 0 Å². The number of nitrogens with two attached hydrogens (primary N) is 1. The van der Waals surface area contributed by atoms with Crippen LogP contribution in [0.2, 0.25) is 0 Å².